The van der Waals surface area contributed by atoms with Crippen molar-refractivity contribution in [2.75, 3.05) is 26.2 Å². The molecular weight excluding hydrogens is 411 g/mol. The van der Waals surface area contributed by atoms with Gasteiger partial charge < -0.3 is 9.80 Å². The van der Waals surface area contributed by atoms with E-state index < -0.39 is 5.82 Å². The lowest BCUT2D eigenvalue weighted by Crippen LogP contribution is -2.37. The van der Waals surface area contributed by atoms with Crippen LogP contribution in [0.25, 0.3) is 0 Å². The quantitative estimate of drug-likeness (QED) is 0.734. The summed E-state index contributed by atoms with van der Waals surface area (Å²) in [5.74, 6) is -0.727. The minimum Gasteiger partial charge on any atom is -0.341 e. The molecule has 1 aliphatic heterocycles. The fourth-order valence-electron chi connectivity index (χ4n) is 3.28. The highest BCUT2D eigenvalue weighted by Gasteiger charge is 2.24. The molecule has 0 aliphatic carbocycles. The van der Waals surface area contributed by atoms with Gasteiger partial charge in [0.05, 0.1) is 5.56 Å². The van der Waals surface area contributed by atoms with Gasteiger partial charge in [-0.2, -0.15) is 0 Å². The first-order valence-electron chi connectivity index (χ1n) is 9.11. The van der Waals surface area contributed by atoms with Gasteiger partial charge in [-0.1, -0.05) is 46.3 Å². The maximum Gasteiger partial charge on any atom is 0.256 e. The maximum absolute atomic E-state index is 13.9. The Bertz CT molecular complexity index is 827. The molecule has 27 heavy (non-hydrogen) atoms. The number of rotatable bonds is 4. The van der Waals surface area contributed by atoms with Crippen LogP contribution < -0.4 is 0 Å². The highest BCUT2D eigenvalue weighted by atomic mass is 79.9. The Kier molecular flexibility index (Phi) is 6.61. The van der Waals surface area contributed by atoms with E-state index in [9.17, 15) is 14.0 Å². The molecule has 142 valence electrons. The lowest BCUT2D eigenvalue weighted by molar-refractivity contribution is -0.131. The van der Waals surface area contributed by atoms with Gasteiger partial charge in [-0.15, -0.1) is 0 Å². The number of aryl methyl sites for hydroxylation is 1. The average Bonchev–Trinajstić information content (AvgIpc) is 2.93. The molecule has 2 aromatic rings. The summed E-state index contributed by atoms with van der Waals surface area (Å²) >= 11 is 3.51. The summed E-state index contributed by atoms with van der Waals surface area (Å²) in [6.07, 6.45) is 1.81. The van der Waals surface area contributed by atoms with Crippen LogP contribution in [0.2, 0.25) is 0 Å². The van der Waals surface area contributed by atoms with E-state index in [1.54, 1.807) is 17.0 Å². The second-order valence-electron chi connectivity index (χ2n) is 6.60. The summed E-state index contributed by atoms with van der Waals surface area (Å²) in [5, 5.41) is 0. The van der Waals surface area contributed by atoms with Crippen LogP contribution in [0.4, 0.5) is 4.39 Å². The van der Waals surface area contributed by atoms with Crippen molar-refractivity contribution >= 4 is 27.7 Å². The molecule has 0 aromatic heterocycles. The molecule has 2 amide bonds. The number of halogens is 2. The number of hydrogen-bond donors (Lipinski definition) is 0. The van der Waals surface area contributed by atoms with Gasteiger partial charge in [-0.05, 0) is 36.6 Å². The fraction of sp³-hybridized carbons (Fsp3) is 0.333. The molecule has 0 radical (unpaired) electrons. The van der Waals surface area contributed by atoms with Gasteiger partial charge in [0.1, 0.15) is 5.82 Å². The third-order valence-electron chi connectivity index (χ3n) is 4.81. The molecule has 0 saturated carbocycles. The van der Waals surface area contributed by atoms with Crippen LogP contribution in [0.1, 0.15) is 28.8 Å². The van der Waals surface area contributed by atoms with Crippen LogP contribution in [0.3, 0.4) is 0 Å². The normalized spacial score (nSPS) is 14.7. The zero-order valence-corrected chi connectivity index (χ0v) is 16.6. The zero-order valence-electron chi connectivity index (χ0n) is 15.0. The predicted octanol–water partition coefficient (Wildman–Crippen LogP) is 3.90. The summed E-state index contributed by atoms with van der Waals surface area (Å²) < 4.78 is 14.9. The first kappa shape index (κ1) is 19.5. The number of benzene rings is 2. The molecule has 0 bridgehead atoms. The van der Waals surface area contributed by atoms with Crippen molar-refractivity contribution in [3.63, 3.8) is 0 Å². The molecule has 0 atom stereocenters. The first-order valence-corrected chi connectivity index (χ1v) is 9.90. The lowest BCUT2D eigenvalue weighted by Gasteiger charge is -2.22. The summed E-state index contributed by atoms with van der Waals surface area (Å²) in [5.41, 5.74) is 1.20. The molecule has 2 aromatic carbocycles. The summed E-state index contributed by atoms with van der Waals surface area (Å²) in [7, 11) is 0. The Morgan fingerprint density at radius 2 is 1.59 bits per heavy atom. The Labute approximate surface area is 167 Å². The predicted molar refractivity (Wildman–Crippen MR) is 106 cm³/mol. The number of amides is 2. The third kappa shape index (κ3) is 4.95. The van der Waals surface area contributed by atoms with Crippen LogP contribution in [-0.2, 0) is 11.2 Å². The van der Waals surface area contributed by atoms with Crippen molar-refractivity contribution < 1.29 is 14.0 Å². The summed E-state index contributed by atoms with van der Waals surface area (Å²) in [4.78, 5) is 28.6. The molecule has 0 unspecified atom stereocenters. The molecule has 0 spiro atoms. The van der Waals surface area contributed by atoms with E-state index >= 15 is 0 Å². The molecule has 4 nitrogen and oxygen atoms in total. The average molecular weight is 433 g/mol. The topological polar surface area (TPSA) is 40.6 Å². The minimum absolute atomic E-state index is 0.0888. The maximum atomic E-state index is 13.9. The minimum atomic E-state index is -0.506. The van der Waals surface area contributed by atoms with Gasteiger partial charge in [-0.3, -0.25) is 9.59 Å². The first-order chi connectivity index (χ1) is 13.1. The van der Waals surface area contributed by atoms with Crippen LogP contribution in [0, 0.1) is 5.82 Å². The van der Waals surface area contributed by atoms with E-state index in [-0.39, 0.29) is 17.4 Å². The van der Waals surface area contributed by atoms with Crippen LogP contribution in [0.5, 0.6) is 0 Å². The zero-order chi connectivity index (χ0) is 19.2. The standard InChI is InChI=1S/C21H22BrFN2O2/c22-18-8-3-1-6-16(18)10-11-20(26)24-12-5-13-25(15-14-24)21(27)17-7-2-4-9-19(17)23/h1-4,6-9H,5,10-15H2. The largest absolute Gasteiger partial charge is 0.341 e. The Morgan fingerprint density at radius 1 is 0.926 bits per heavy atom. The summed E-state index contributed by atoms with van der Waals surface area (Å²) in [6, 6.07) is 13.9. The van der Waals surface area contributed by atoms with E-state index in [1.807, 2.05) is 29.2 Å². The van der Waals surface area contributed by atoms with Crippen LogP contribution >= 0.6 is 15.9 Å². The van der Waals surface area contributed by atoms with Gasteiger partial charge in [0.2, 0.25) is 5.91 Å². The second-order valence-corrected chi connectivity index (χ2v) is 7.45. The second kappa shape index (κ2) is 9.13. The van der Waals surface area contributed by atoms with E-state index in [1.165, 1.54) is 12.1 Å². The monoisotopic (exact) mass is 432 g/mol. The highest BCUT2D eigenvalue weighted by molar-refractivity contribution is 9.10. The van der Waals surface area contributed by atoms with Gasteiger partial charge >= 0.3 is 0 Å². The van der Waals surface area contributed by atoms with Gasteiger partial charge in [0.15, 0.2) is 0 Å². The molecule has 6 heteroatoms. The van der Waals surface area contributed by atoms with E-state index in [0.29, 0.717) is 45.4 Å². The van der Waals surface area contributed by atoms with Crippen molar-refractivity contribution in [3.8, 4) is 0 Å². The van der Waals surface area contributed by atoms with Crippen molar-refractivity contribution in [3.05, 3.63) is 69.9 Å². The third-order valence-corrected chi connectivity index (χ3v) is 5.58. The van der Waals surface area contributed by atoms with Crippen LogP contribution in [0.15, 0.2) is 53.0 Å². The van der Waals surface area contributed by atoms with E-state index in [4.69, 9.17) is 0 Å². The SMILES string of the molecule is O=C(CCc1ccccc1Br)N1CCCN(C(=O)c2ccccc2F)CC1. The number of hydrogen-bond acceptors (Lipinski definition) is 2. The van der Waals surface area contributed by atoms with Crippen molar-refractivity contribution in [2.24, 2.45) is 0 Å². The fourth-order valence-corrected chi connectivity index (χ4v) is 3.76. The van der Waals surface area contributed by atoms with Crippen LogP contribution in [-0.4, -0.2) is 47.8 Å². The number of nitrogens with zero attached hydrogens (tertiary/aromatic N) is 2. The Hall–Kier alpha value is -2.21. The van der Waals surface area contributed by atoms with Crippen molar-refractivity contribution in [2.45, 2.75) is 19.3 Å². The molecule has 3 rings (SSSR count). The molecule has 1 heterocycles. The lowest BCUT2D eigenvalue weighted by atomic mass is 10.1. The van der Waals surface area contributed by atoms with E-state index in [0.717, 1.165) is 10.0 Å². The number of carbonyl (C=O) groups excluding carboxylic acids is 2. The van der Waals surface area contributed by atoms with Gasteiger partial charge in [0.25, 0.3) is 5.91 Å². The number of carbonyl (C=O) groups is 2. The Morgan fingerprint density at radius 3 is 2.37 bits per heavy atom. The molecular formula is C21H22BrFN2O2. The highest BCUT2D eigenvalue weighted by Crippen LogP contribution is 2.18. The Balaban J connectivity index is 1.56. The van der Waals surface area contributed by atoms with Gasteiger partial charge in [0, 0.05) is 37.1 Å². The van der Waals surface area contributed by atoms with Crippen molar-refractivity contribution in [1.82, 2.24) is 9.80 Å². The van der Waals surface area contributed by atoms with Gasteiger partial charge in [-0.25, -0.2) is 4.39 Å². The van der Waals surface area contributed by atoms with E-state index in [2.05, 4.69) is 15.9 Å². The molecule has 0 N–H and O–H groups in total. The summed E-state index contributed by atoms with van der Waals surface area (Å²) in [6.45, 7) is 2.06. The molecule has 1 aliphatic rings. The smallest absolute Gasteiger partial charge is 0.256 e. The van der Waals surface area contributed by atoms with Crippen molar-refractivity contribution in [1.29, 1.82) is 0 Å². The molecule has 1 fully saturated rings. The molecule has 1 saturated heterocycles.